The molecular formula is C51H38N2O. The van der Waals surface area contributed by atoms with Gasteiger partial charge in [0.2, 0.25) is 0 Å². The Morgan fingerprint density at radius 3 is 2.11 bits per heavy atom. The molecular weight excluding hydrogens is 657 g/mol. The molecule has 3 unspecified atom stereocenters. The lowest BCUT2D eigenvalue weighted by molar-refractivity contribution is 0.485. The predicted molar refractivity (Wildman–Crippen MR) is 224 cm³/mol. The van der Waals surface area contributed by atoms with E-state index < -0.39 is 0 Å². The van der Waals surface area contributed by atoms with Gasteiger partial charge in [0.25, 0.3) is 0 Å². The van der Waals surface area contributed by atoms with E-state index in [9.17, 15) is 0 Å². The summed E-state index contributed by atoms with van der Waals surface area (Å²) in [4.78, 5) is 4.92. The first-order valence-corrected chi connectivity index (χ1v) is 19.0. The third-order valence-electron chi connectivity index (χ3n) is 12.1. The first kappa shape index (κ1) is 31.0. The summed E-state index contributed by atoms with van der Waals surface area (Å²) < 4.78 is 6.90. The van der Waals surface area contributed by atoms with Crippen LogP contribution in [0.3, 0.4) is 0 Å². The normalized spacial score (nSPS) is 20.5. The average Bonchev–Trinajstić information content (AvgIpc) is 3.77. The van der Waals surface area contributed by atoms with Gasteiger partial charge in [-0.1, -0.05) is 122 Å². The Labute approximate surface area is 316 Å². The molecule has 11 rings (SSSR count). The molecule has 1 aromatic heterocycles. The first-order chi connectivity index (χ1) is 26.7. The Morgan fingerprint density at radius 2 is 1.31 bits per heavy atom. The van der Waals surface area contributed by atoms with Crippen molar-refractivity contribution in [1.82, 2.24) is 0 Å². The Kier molecular flexibility index (Phi) is 6.87. The number of nitrogens with zero attached hydrogens (tertiary/aromatic N) is 2. The van der Waals surface area contributed by atoms with Gasteiger partial charge in [0.15, 0.2) is 0 Å². The molecule has 3 nitrogen and oxygen atoms in total. The van der Waals surface area contributed by atoms with Gasteiger partial charge in [0.1, 0.15) is 11.3 Å². The number of hydrogen-bond donors (Lipinski definition) is 0. The van der Waals surface area contributed by atoms with E-state index in [-0.39, 0.29) is 17.4 Å². The highest BCUT2D eigenvalue weighted by Gasteiger charge is 2.51. The molecule has 0 spiro atoms. The quantitative estimate of drug-likeness (QED) is 0.179. The first-order valence-electron chi connectivity index (χ1n) is 19.0. The van der Waals surface area contributed by atoms with Gasteiger partial charge in [-0.25, -0.2) is 0 Å². The van der Waals surface area contributed by atoms with E-state index in [1.807, 2.05) is 0 Å². The highest BCUT2D eigenvalue weighted by Crippen LogP contribution is 2.61. The van der Waals surface area contributed by atoms with Crippen LogP contribution in [-0.4, -0.2) is 6.04 Å². The Morgan fingerprint density at radius 1 is 0.648 bits per heavy atom. The zero-order valence-electron chi connectivity index (χ0n) is 30.1. The van der Waals surface area contributed by atoms with Crippen LogP contribution in [0, 0.1) is 5.41 Å². The van der Waals surface area contributed by atoms with Gasteiger partial charge in [0, 0.05) is 44.8 Å². The molecule has 4 aliphatic rings. The SMILES string of the molecule is CC12CC=CC=C1c1ccccc1C=C2C1=Cc2c(oc3ccccc23)C2c3ccccc3N(c3ccc(N(c4ccccc4)c4ccccc4)cc3)C12. The minimum absolute atomic E-state index is 0.0128. The highest BCUT2D eigenvalue weighted by atomic mass is 16.3. The van der Waals surface area contributed by atoms with Crippen molar-refractivity contribution in [2.45, 2.75) is 25.3 Å². The zero-order valence-corrected chi connectivity index (χ0v) is 30.1. The molecule has 0 amide bonds. The fraction of sp³-hybridized carbons (Fsp3) is 0.0980. The molecule has 0 saturated heterocycles. The molecule has 3 aliphatic carbocycles. The van der Waals surface area contributed by atoms with Gasteiger partial charge < -0.3 is 14.2 Å². The van der Waals surface area contributed by atoms with Gasteiger partial charge in [-0.15, -0.1) is 0 Å². The Hall–Kier alpha value is -6.58. The smallest absolute Gasteiger partial charge is 0.134 e. The lowest BCUT2D eigenvalue weighted by Gasteiger charge is -2.45. The van der Waals surface area contributed by atoms with Crippen LogP contribution in [0.4, 0.5) is 28.4 Å². The summed E-state index contributed by atoms with van der Waals surface area (Å²) in [5, 5.41) is 1.17. The van der Waals surface area contributed by atoms with Crippen LogP contribution >= 0.6 is 0 Å². The summed E-state index contributed by atoms with van der Waals surface area (Å²) in [5.41, 5.74) is 15.8. The molecule has 6 aromatic carbocycles. The standard InChI is InChI=1S/C51H38N2O/c1-51-31-15-14-24-44(51)39-21-9-8-16-34(39)32-45(51)43-33-42-40-22-11-13-26-47(40)54-50(42)48-41-23-10-12-25-46(41)53(49(43)48)38-29-27-37(28-30-38)52(35-17-4-2-5-18-35)36-19-6-3-7-20-36/h2-30,32-33,48-49H,31H2,1H3. The van der Waals surface area contributed by atoms with E-state index in [1.165, 1.54) is 50.0 Å². The zero-order chi connectivity index (χ0) is 35.8. The van der Waals surface area contributed by atoms with Crippen molar-refractivity contribution in [2.24, 2.45) is 5.41 Å². The van der Waals surface area contributed by atoms with E-state index in [4.69, 9.17) is 4.42 Å². The number of hydrogen-bond acceptors (Lipinski definition) is 3. The maximum Gasteiger partial charge on any atom is 0.134 e. The minimum atomic E-state index is -0.188. The maximum absolute atomic E-state index is 6.90. The molecule has 54 heavy (non-hydrogen) atoms. The second-order valence-corrected chi connectivity index (χ2v) is 15.0. The second kappa shape index (κ2) is 12.0. The van der Waals surface area contributed by atoms with Crippen LogP contribution in [0.2, 0.25) is 0 Å². The van der Waals surface area contributed by atoms with Gasteiger partial charge in [-0.2, -0.15) is 0 Å². The molecule has 3 heteroatoms. The van der Waals surface area contributed by atoms with Crippen LogP contribution < -0.4 is 9.80 Å². The van der Waals surface area contributed by atoms with E-state index in [1.54, 1.807) is 0 Å². The van der Waals surface area contributed by atoms with Crippen LogP contribution in [0.5, 0.6) is 0 Å². The molecule has 7 aromatic rings. The molecule has 1 aliphatic heterocycles. The second-order valence-electron chi connectivity index (χ2n) is 15.0. The van der Waals surface area contributed by atoms with Crippen molar-refractivity contribution in [3.05, 3.63) is 215 Å². The van der Waals surface area contributed by atoms with Gasteiger partial charge >= 0.3 is 0 Å². The van der Waals surface area contributed by atoms with Crippen molar-refractivity contribution in [2.75, 3.05) is 9.80 Å². The maximum atomic E-state index is 6.90. The summed E-state index contributed by atoms with van der Waals surface area (Å²) in [7, 11) is 0. The fourth-order valence-corrected chi connectivity index (χ4v) is 9.64. The van der Waals surface area contributed by atoms with Crippen molar-refractivity contribution in [3.8, 4) is 0 Å². The lowest BCUT2D eigenvalue weighted by atomic mass is 9.60. The number of fused-ring (bicyclic) bond motifs is 10. The number of benzene rings is 6. The predicted octanol–water partition coefficient (Wildman–Crippen LogP) is 13.4. The molecule has 0 fully saturated rings. The molecule has 258 valence electrons. The molecule has 0 radical (unpaired) electrons. The van der Waals surface area contributed by atoms with Gasteiger partial charge in [-0.3, -0.25) is 0 Å². The summed E-state index contributed by atoms with van der Waals surface area (Å²) >= 11 is 0. The number of anilines is 5. The van der Waals surface area contributed by atoms with Crippen molar-refractivity contribution >= 4 is 57.1 Å². The number of allylic oxidation sites excluding steroid dienone is 4. The van der Waals surface area contributed by atoms with E-state index in [2.05, 4.69) is 205 Å². The number of para-hydroxylation sites is 4. The van der Waals surface area contributed by atoms with Gasteiger partial charge in [0.05, 0.1) is 12.0 Å². The fourth-order valence-electron chi connectivity index (χ4n) is 9.64. The summed E-state index contributed by atoms with van der Waals surface area (Å²) in [6.07, 6.45) is 12.8. The minimum Gasteiger partial charge on any atom is -0.460 e. The molecule has 0 bridgehead atoms. The van der Waals surface area contributed by atoms with Crippen LogP contribution in [-0.2, 0) is 0 Å². The number of rotatable bonds is 5. The Bertz CT molecular complexity index is 2670. The van der Waals surface area contributed by atoms with Crippen molar-refractivity contribution in [1.29, 1.82) is 0 Å². The lowest BCUT2D eigenvalue weighted by Crippen LogP contribution is -2.38. The summed E-state index contributed by atoms with van der Waals surface area (Å²) in [6.45, 7) is 2.45. The Balaban J connectivity index is 1.12. The van der Waals surface area contributed by atoms with Crippen LogP contribution in [0.25, 0.3) is 28.7 Å². The largest absolute Gasteiger partial charge is 0.460 e. The van der Waals surface area contributed by atoms with E-state index in [0.717, 1.165) is 40.5 Å². The van der Waals surface area contributed by atoms with Crippen LogP contribution in [0.1, 0.15) is 47.3 Å². The summed E-state index contributed by atoms with van der Waals surface area (Å²) in [5.74, 6) is 1.07. The third kappa shape index (κ3) is 4.55. The van der Waals surface area contributed by atoms with Crippen LogP contribution in [0.15, 0.2) is 192 Å². The highest BCUT2D eigenvalue weighted by molar-refractivity contribution is 5.97. The average molecular weight is 695 g/mol. The topological polar surface area (TPSA) is 19.6 Å². The molecule has 0 saturated carbocycles. The molecule has 0 N–H and O–H groups in total. The van der Waals surface area contributed by atoms with Gasteiger partial charge in [-0.05, 0) is 113 Å². The number of furan rings is 1. The van der Waals surface area contributed by atoms with E-state index >= 15 is 0 Å². The monoisotopic (exact) mass is 694 g/mol. The molecule has 3 atom stereocenters. The third-order valence-corrected chi connectivity index (χ3v) is 12.1. The van der Waals surface area contributed by atoms with Crippen molar-refractivity contribution < 1.29 is 4.42 Å². The summed E-state index contributed by atoms with van der Waals surface area (Å²) in [6, 6.07) is 56.8. The molecule has 2 heterocycles. The van der Waals surface area contributed by atoms with Crippen molar-refractivity contribution in [3.63, 3.8) is 0 Å². The van der Waals surface area contributed by atoms with E-state index in [0.29, 0.717) is 0 Å².